The van der Waals surface area contributed by atoms with E-state index in [1.807, 2.05) is 0 Å². The first-order chi connectivity index (χ1) is 7.98. The number of ether oxygens (including phenoxy) is 1. The highest BCUT2D eigenvalue weighted by molar-refractivity contribution is 7.94. The van der Waals surface area contributed by atoms with Crippen molar-refractivity contribution in [3.05, 3.63) is 29.3 Å². The second-order valence-electron chi connectivity index (χ2n) is 4.35. The highest BCUT2D eigenvalue weighted by Gasteiger charge is 2.74. The number of carbonyl (C=O) groups is 1. The third-order valence-electron chi connectivity index (χ3n) is 3.41. The van der Waals surface area contributed by atoms with Crippen molar-refractivity contribution in [2.24, 2.45) is 5.92 Å². The number of sulfone groups is 1. The fraction of sp³-hybridized carbons (Fsp3) is 0.364. The van der Waals surface area contributed by atoms with E-state index in [2.05, 4.69) is 0 Å². The first-order valence-corrected chi connectivity index (χ1v) is 7.02. The Hall–Kier alpha value is -0.720. The lowest BCUT2D eigenvalue weighted by Crippen LogP contribution is -2.31. The molecule has 1 aliphatic heterocycles. The van der Waals surface area contributed by atoms with Crippen LogP contribution < -0.4 is 0 Å². The monoisotopic (exact) mass is 306 g/mol. The van der Waals surface area contributed by atoms with E-state index in [0.717, 1.165) is 0 Å². The summed E-state index contributed by atoms with van der Waals surface area (Å²) in [4.78, 5) is 11.7. The van der Waals surface area contributed by atoms with Crippen molar-refractivity contribution >= 4 is 40.9 Å². The first kappa shape index (κ1) is 13.7. The highest BCUT2D eigenvalue weighted by Crippen LogP contribution is 2.57. The van der Waals surface area contributed by atoms with Crippen LogP contribution in [0.5, 0.6) is 0 Å². The van der Waals surface area contributed by atoms with Gasteiger partial charge in [-0.15, -0.1) is 0 Å². The molecule has 1 heterocycles. The molecule has 0 aromatic heterocycles. The zero-order valence-electron chi connectivity index (χ0n) is 9.22. The van der Waals surface area contributed by atoms with Gasteiger partial charge in [-0.25, -0.2) is 8.42 Å². The van der Waals surface area contributed by atoms with Gasteiger partial charge in [0.15, 0.2) is 14.6 Å². The predicted molar refractivity (Wildman–Crippen MR) is 70.8 cm³/mol. The third-order valence-corrected chi connectivity index (χ3v) is 6.18. The Labute approximate surface area is 117 Å². The van der Waals surface area contributed by atoms with E-state index >= 15 is 0 Å². The summed E-state index contributed by atoms with van der Waals surface area (Å²) in [6.45, 7) is 0.214. The molecular weight excluding hydrogens is 296 g/mol. The van der Waals surface area contributed by atoms with E-state index in [1.54, 1.807) is 0 Å². The summed E-state index contributed by atoms with van der Waals surface area (Å²) in [6, 6.07) is 5.85. The molecule has 4 nitrogen and oxygen atoms in total. The van der Waals surface area contributed by atoms with Crippen molar-refractivity contribution in [2.45, 2.75) is 16.1 Å². The normalized spacial score (nSPS) is 29.2. The number of rotatable bonds is 2. The molecule has 1 aromatic rings. The molecule has 1 saturated heterocycles. The Morgan fingerprint density at radius 1 is 1.28 bits per heavy atom. The molecule has 7 heteroatoms. The minimum atomic E-state index is -3.66. The molecule has 1 saturated carbocycles. The van der Waals surface area contributed by atoms with E-state index < -0.39 is 20.6 Å². The Bertz CT molecular complexity index is 596. The van der Waals surface area contributed by atoms with Gasteiger partial charge in [0, 0.05) is 10.9 Å². The third kappa shape index (κ3) is 1.59. The Morgan fingerprint density at radius 2 is 1.89 bits per heavy atom. The van der Waals surface area contributed by atoms with Crippen molar-refractivity contribution in [2.75, 3.05) is 6.61 Å². The maximum absolute atomic E-state index is 12.4. The Balaban J connectivity index is 0.00000120. The van der Waals surface area contributed by atoms with Crippen LogP contribution in [0.2, 0.25) is 5.02 Å². The molecule has 18 heavy (non-hydrogen) atoms. The van der Waals surface area contributed by atoms with Gasteiger partial charge in [-0.3, -0.25) is 4.79 Å². The predicted octanol–water partition coefficient (Wildman–Crippen LogP) is 1.54. The maximum Gasteiger partial charge on any atom is 0.328 e. The van der Waals surface area contributed by atoms with Crippen molar-refractivity contribution < 1.29 is 17.9 Å². The van der Waals surface area contributed by atoms with Gasteiger partial charge >= 0.3 is 5.97 Å². The van der Waals surface area contributed by atoms with Crippen LogP contribution in [0.3, 0.4) is 0 Å². The first-order valence-electron chi connectivity index (χ1n) is 5.16. The number of benzene rings is 1. The molecule has 0 bridgehead atoms. The van der Waals surface area contributed by atoms with Crippen molar-refractivity contribution in [1.29, 1.82) is 0 Å². The second-order valence-corrected chi connectivity index (χ2v) is 6.99. The molecule has 1 aromatic carbocycles. The fourth-order valence-corrected chi connectivity index (χ4v) is 4.56. The van der Waals surface area contributed by atoms with Crippen LogP contribution in [-0.4, -0.2) is 25.7 Å². The molecule has 0 N–H and O–H groups in total. The Morgan fingerprint density at radius 3 is 2.33 bits per heavy atom. The average Bonchev–Trinajstić information content (AvgIpc) is 2.95. The number of hydrogen-bond acceptors (Lipinski definition) is 4. The van der Waals surface area contributed by atoms with E-state index in [-0.39, 0.29) is 30.9 Å². The zero-order valence-corrected chi connectivity index (χ0v) is 11.8. The van der Waals surface area contributed by atoms with Gasteiger partial charge in [0.25, 0.3) is 0 Å². The SMILES string of the molecule is O=C1OC[C@@H]2C[C@]12S(=O)(=O)c1ccc(Cl)cc1.S. The lowest BCUT2D eigenvalue weighted by molar-refractivity contribution is -0.140. The summed E-state index contributed by atoms with van der Waals surface area (Å²) in [5, 5.41) is 0.461. The van der Waals surface area contributed by atoms with Crippen LogP contribution in [0, 0.1) is 5.92 Å². The van der Waals surface area contributed by atoms with Gasteiger partial charge in [0.05, 0.1) is 11.5 Å². The summed E-state index contributed by atoms with van der Waals surface area (Å²) in [5.74, 6) is -0.798. The molecule has 2 fully saturated rings. The summed E-state index contributed by atoms with van der Waals surface area (Å²) < 4.78 is 28.2. The van der Waals surface area contributed by atoms with Crippen LogP contribution >= 0.6 is 25.1 Å². The van der Waals surface area contributed by atoms with Crippen molar-refractivity contribution in [3.63, 3.8) is 0 Å². The topological polar surface area (TPSA) is 60.4 Å². The van der Waals surface area contributed by atoms with Crippen LogP contribution in [0.4, 0.5) is 0 Å². The molecule has 0 spiro atoms. The molecular formula is C11H11ClO4S2. The summed E-state index contributed by atoms with van der Waals surface area (Å²) in [5.41, 5.74) is 0. The number of halogens is 1. The largest absolute Gasteiger partial charge is 0.464 e. The lowest BCUT2D eigenvalue weighted by atomic mass is 10.4. The van der Waals surface area contributed by atoms with Crippen LogP contribution in [0.15, 0.2) is 29.2 Å². The standard InChI is InChI=1S/C11H9ClO4S.H2S/c12-8-1-3-9(4-2-8)17(14,15)11-5-7(11)6-16-10(11)13;/h1-4,7H,5-6H2;1H2/t7-,11+;/m0./s1. The molecule has 0 amide bonds. The quantitative estimate of drug-likeness (QED) is 0.778. The van der Waals surface area contributed by atoms with E-state index in [9.17, 15) is 13.2 Å². The summed E-state index contributed by atoms with van der Waals surface area (Å²) in [7, 11) is -3.66. The number of carbonyl (C=O) groups excluding carboxylic acids is 1. The van der Waals surface area contributed by atoms with Crippen molar-refractivity contribution in [1.82, 2.24) is 0 Å². The lowest BCUT2D eigenvalue weighted by Gasteiger charge is -2.11. The van der Waals surface area contributed by atoms with Gasteiger partial charge < -0.3 is 4.74 Å². The van der Waals surface area contributed by atoms with Crippen LogP contribution in [0.25, 0.3) is 0 Å². The molecule has 0 unspecified atom stereocenters. The molecule has 2 atom stereocenters. The second kappa shape index (κ2) is 4.15. The van der Waals surface area contributed by atoms with E-state index in [1.165, 1.54) is 24.3 Å². The van der Waals surface area contributed by atoms with Gasteiger partial charge in [-0.2, -0.15) is 13.5 Å². The molecule has 3 rings (SSSR count). The van der Waals surface area contributed by atoms with Gasteiger partial charge in [-0.05, 0) is 30.7 Å². The van der Waals surface area contributed by atoms with E-state index in [0.29, 0.717) is 11.4 Å². The average molecular weight is 307 g/mol. The minimum absolute atomic E-state index is 0. The number of esters is 1. The van der Waals surface area contributed by atoms with E-state index in [4.69, 9.17) is 16.3 Å². The van der Waals surface area contributed by atoms with Crippen LogP contribution in [0.1, 0.15) is 6.42 Å². The summed E-state index contributed by atoms with van der Waals surface area (Å²) in [6.07, 6.45) is 0.372. The minimum Gasteiger partial charge on any atom is -0.464 e. The summed E-state index contributed by atoms with van der Waals surface area (Å²) >= 11 is 5.71. The number of fused-ring (bicyclic) bond motifs is 1. The van der Waals surface area contributed by atoms with Crippen LogP contribution in [-0.2, 0) is 19.4 Å². The fourth-order valence-electron chi connectivity index (χ4n) is 2.31. The molecule has 0 radical (unpaired) electrons. The molecule has 2 aliphatic rings. The van der Waals surface area contributed by atoms with Gasteiger partial charge in [0.2, 0.25) is 0 Å². The molecule has 1 aliphatic carbocycles. The number of cyclic esters (lactones) is 1. The smallest absolute Gasteiger partial charge is 0.328 e. The Kier molecular flexibility index (Phi) is 3.16. The highest BCUT2D eigenvalue weighted by atomic mass is 35.5. The van der Waals surface area contributed by atoms with Crippen molar-refractivity contribution in [3.8, 4) is 0 Å². The van der Waals surface area contributed by atoms with Gasteiger partial charge in [0.1, 0.15) is 0 Å². The number of hydrogen-bond donors (Lipinski definition) is 0. The molecule has 98 valence electrons. The zero-order chi connectivity index (χ0) is 12.3. The maximum atomic E-state index is 12.4. The van der Waals surface area contributed by atoms with Gasteiger partial charge in [-0.1, -0.05) is 11.6 Å².